The molecule has 1 fully saturated rings. The molecule has 0 spiro atoms. The average molecular weight is 246 g/mol. The van der Waals surface area contributed by atoms with Crippen LogP contribution >= 0.6 is 0 Å². The number of rotatable bonds is 2. The average Bonchev–Trinajstić information content (AvgIpc) is 2.72. The quantitative estimate of drug-likeness (QED) is 0.857. The van der Waals surface area contributed by atoms with Crippen molar-refractivity contribution in [3.05, 3.63) is 34.4 Å². The number of pyridine rings is 1. The minimum atomic E-state index is 0.0163. The van der Waals surface area contributed by atoms with Crippen molar-refractivity contribution in [1.29, 1.82) is 0 Å². The van der Waals surface area contributed by atoms with E-state index in [-0.39, 0.29) is 5.43 Å². The molecular formula is C13H18N4O. The molecule has 0 saturated carbocycles. The fourth-order valence-corrected chi connectivity index (χ4v) is 2.81. The zero-order valence-corrected chi connectivity index (χ0v) is 10.6. The van der Waals surface area contributed by atoms with Gasteiger partial charge >= 0.3 is 0 Å². The Bertz CT molecular complexity index is 600. The summed E-state index contributed by atoms with van der Waals surface area (Å²) in [6.45, 7) is 2.33. The second kappa shape index (κ2) is 4.57. The van der Waals surface area contributed by atoms with Gasteiger partial charge < -0.3 is 4.90 Å². The lowest BCUT2D eigenvalue weighted by molar-refractivity contribution is 0.207. The molecule has 0 aliphatic carbocycles. The Kier molecular flexibility index (Phi) is 2.91. The Hall–Kier alpha value is -1.62. The topological polar surface area (TPSA) is 53.4 Å². The molecule has 18 heavy (non-hydrogen) atoms. The van der Waals surface area contributed by atoms with Gasteiger partial charge in [0.2, 0.25) is 0 Å². The number of nitrogens with zero attached hydrogens (tertiary/aromatic N) is 3. The maximum Gasteiger partial charge on any atom is 0.183 e. The fourth-order valence-electron chi connectivity index (χ4n) is 2.81. The van der Waals surface area contributed by atoms with E-state index in [0.29, 0.717) is 5.92 Å². The fraction of sp³-hybridized carbons (Fsp3) is 0.538. The molecule has 3 heterocycles. The summed E-state index contributed by atoms with van der Waals surface area (Å²) in [5.41, 5.74) is 0.796. The van der Waals surface area contributed by atoms with Crippen molar-refractivity contribution < 1.29 is 0 Å². The third kappa shape index (κ3) is 2.18. The number of hydrogen-bond acceptors (Lipinski definition) is 3. The first-order chi connectivity index (χ1) is 8.72. The van der Waals surface area contributed by atoms with Gasteiger partial charge in [0.05, 0.1) is 0 Å². The molecule has 2 aromatic heterocycles. The van der Waals surface area contributed by atoms with Crippen LogP contribution < -0.4 is 5.43 Å². The number of piperidine rings is 1. The van der Waals surface area contributed by atoms with E-state index < -0.39 is 0 Å². The Morgan fingerprint density at radius 2 is 2.44 bits per heavy atom. The van der Waals surface area contributed by atoms with Crippen molar-refractivity contribution in [2.75, 3.05) is 20.1 Å². The minimum absolute atomic E-state index is 0.0163. The number of fused-ring (bicyclic) bond motifs is 1. The Labute approximate surface area is 105 Å². The zero-order valence-electron chi connectivity index (χ0n) is 10.6. The van der Waals surface area contributed by atoms with Gasteiger partial charge in [-0.15, -0.1) is 0 Å². The van der Waals surface area contributed by atoms with Gasteiger partial charge in [0, 0.05) is 31.3 Å². The van der Waals surface area contributed by atoms with Gasteiger partial charge in [0.25, 0.3) is 0 Å². The van der Waals surface area contributed by atoms with Crippen molar-refractivity contribution in [3.8, 4) is 0 Å². The lowest BCUT2D eigenvalue weighted by Crippen LogP contribution is -2.33. The molecule has 2 aromatic rings. The summed E-state index contributed by atoms with van der Waals surface area (Å²) < 4.78 is 1.98. The SMILES string of the molecule is CN1CCCC(Cc2n[nH]c3cc(=O)ccn23)C1. The van der Waals surface area contributed by atoms with Gasteiger partial charge in [-0.25, -0.2) is 0 Å². The largest absolute Gasteiger partial charge is 0.306 e. The summed E-state index contributed by atoms with van der Waals surface area (Å²) in [5.74, 6) is 1.68. The highest BCUT2D eigenvalue weighted by Gasteiger charge is 2.19. The van der Waals surface area contributed by atoms with Crippen LogP contribution in [0, 0.1) is 5.92 Å². The molecule has 1 atom stereocenters. The number of aromatic amines is 1. The molecular weight excluding hydrogens is 228 g/mol. The number of likely N-dealkylation sites (tertiary alicyclic amines) is 1. The van der Waals surface area contributed by atoms with Crippen molar-refractivity contribution in [2.45, 2.75) is 19.3 Å². The van der Waals surface area contributed by atoms with Crippen LogP contribution in [0.3, 0.4) is 0 Å². The van der Waals surface area contributed by atoms with Crippen LogP contribution in [0.25, 0.3) is 5.65 Å². The molecule has 0 amide bonds. The highest BCUT2D eigenvalue weighted by Crippen LogP contribution is 2.19. The molecule has 1 aliphatic rings. The predicted molar refractivity (Wildman–Crippen MR) is 69.7 cm³/mol. The molecule has 1 unspecified atom stereocenters. The number of nitrogens with one attached hydrogen (secondary N) is 1. The van der Waals surface area contributed by atoms with Gasteiger partial charge in [-0.05, 0) is 32.4 Å². The lowest BCUT2D eigenvalue weighted by atomic mass is 9.95. The summed E-state index contributed by atoms with van der Waals surface area (Å²) in [7, 11) is 2.17. The molecule has 1 aliphatic heterocycles. The molecule has 0 aromatic carbocycles. The first-order valence-electron chi connectivity index (χ1n) is 6.46. The Balaban J connectivity index is 1.84. The van der Waals surface area contributed by atoms with E-state index in [1.54, 1.807) is 12.1 Å². The number of hydrogen-bond donors (Lipinski definition) is 1. The standard InChI is InChI=1S/C13H18N4O/c1-16-5-2-3-10(9-16)7-12-14-15-13-8-11(18)4-6-17(12)13/h4,6,8,10,15H,2-3,5,7,9H2,1H3. The summed E-state index contributed by atoms with van der Waals surface area (Å²) in [6.07, 6.45) is 5.30. The maximum atomic E-state index is 11.3. The minimum Gasteiger partial charge on any atom is -0.306 e. The van der Waals surface area contributed by atoms with Gasteiger partial charge in [0.15, 0.2) is 5.43 Å². The van der Waals surface area contributed by atoms with Crippen molar-refractivity contribution >= 4 is 5.65 Å². The third-order valence-corrected chi connectivity index (χ3v) is 3.70. The number of aromatic nitrogens is 3. The molecule has 5 nitrogen and oxygen atoms in total. The summed E-state index contributed by atoms with van der Waals surface area (Å²) >= 11 is 0. The van der Waals surface area contributed by atoms with E-state index in [2.05, 4.69) is 22.1 Å². The molecule has 1 saturated heterocycles. The van der Waals surface area contributed by atoms with Crippen LogP contribution in [-0.4, -0.2) is 39.6 Å². The smallest absolute Gasteiger partial charge is 0.183 e. The first-order valence-corrected chi connectivity index (χ1v) is 6.46. The van der Waals surface area contributed by atoms with E-state index >= 15 is 0 Å². The molecule has 96 valence electrons. The Morgan fingerprint density at radius 3 is 3.28 bits per heavy atom. The summed E-state index contributed by atoms with van der Waals surface area (Å²) in [5, 5.41) is 7.27. The van der Waals surface area contributed by atoms with Crippen LogP contribution in [0.4, 0.5) is 0 Å². The second-order valence-electron chi connectivity index (χ2n) is 5.23. The highest BCUT2D eigenvalue weighted by molar-refractivity contribution is 5.37. The maximum absolute atomic E-state index is 11.3. The molecule has 1 N–H and O–H groups in total. The first kappa shape index (κ1) is 11.5. The second-order valence-corrected chi connectivity index (χ2v) is 5.23. The van der Waals surface area contributed by atoms with E-state index in [1.807, 2.05) is 10.6 Å². The van der Waals surface area contributed by atoms with E-state index in [4.69, 9.17) is 0 Å². The zero-order chi connectivity index (χ0) is 12.5. The lowest BCUT2D eigenvalue weighted by Gasteiger charge is -2.29. The van der Waals surface area contributed by atoms with Crippen molar-refractivity contribution in [1.82, 2.24) is 19.5 Å². The molecule has 5 heteroatoms. The van der Waals surface area contributed by atoms with Gasteiger partial charge in [0.1, 0.15) is 11.5 Å². The van der Waals surface area contributed by atoms with Gasteiger partial charge in [-0.1, -0.05) is 0 Å². The van der Waals surface area contributed by atoms with E-state index in [0.717, 1.165) is 24.4 Å². The van der Waals surface area contributed by atoms with E-state index in [9.17, 15) is 4.79 Å². The van der Waals surface area contributed by atoms with Crippen LogP contribution in [0.2, 0.25) is 0 Å². The normalized spacial score (nSPS) is 21.5. The Morgan fingerprint density at radius 1 is 1.56 bits per heavy atom. The third-order valence-electron chi connectivity index (χ3n) is 3.70. The van der Waals surface area contributed by atoms with Crippen LogP contribution in [0.1, 0.15) is 18.7 Å². The predicted octanol–water partition coefficient (Wildman–Crippen LogP) is 0.907. The summed E-state index contributed by atoms with van der Waals surface area (Å²) in [6, 6.07) is 3.17. The van der Waals surface area contributed by atoms with Crippen molar-refractivity contribution in [3.63, 3.8) is 0 Å². The van der Waals surface area contributed by atoms with E-state index in [1.165, 1.54) is 19.4 Å². The van der Waals surface area contributed by atoms with Crippen LogP contribution in [0.15, 0.2) is 23.1 Å². The van der Waals surface area contributed by atoms with Crippen LogP contribution in [0.5, 0.6) is 0 Å². The molecule has 0 radical (unpaired) electrons. The monoisotopic (exact) mass is 246 g/mol. The molecule has 0 bridgehead atoms. The number of H-pyrrole nitrogens is 1. The van der Waals surface area contributed by atoms with Crippen molar-refractivity contribution in [2.24, 2.45) is 5.92 Å². The van der Waals surface area contributed by atoms with Crippen LogP contribution in [-0.2, 0) is 6.42 Å². The summed E-state index contributed by atoms with van der Waals surface area (Å²) in [4.78, 5) is 13.6. The molecule has 3 rings (SSSR count). The van der Waals surface area contributed by atoms with Gasteiger partial charge in [-0.2, -0.15) is 5.10 Å². The highest BCUT2D eigenvalue weighted by atomic mass is 16.1. The van der Waals surface area contributed by atoms with Gasteiger partial charge in [-0.3, -0.25) is 14.3 Å².